The first-order valence-electron chi connectivity index (χ1n) is 7.17. The fourth-order valence-corrected chi connectivity index (χ4v) is 2.45. The molecule has 0 bridgehead atoms. The third kappa shape index (κ3) is 4.97. The van der Waals surface area contributed by atoms with Crippen LogP contribution in [0.25, 0.3) is 0 Å². The molecule has 3 heteroatoms. The van der Waals surface area contributed by atoms with Gasteiger partial charge in [-0.1, -0.05) is 41.0 Å². The zero-order valence-electron chi connectivity index (χ0n) is 13.2. The highest BCUT2D eigenvalue weighted by Crippen LogP contribution is 2.22. The van der Waals surface area contributed by atoms with E-state index in [1.54, 1.807) is 7.11 Å². The summed E-state index contributed by atoms with van der Waals surface area (Å²) in [6, 6.07) is 0.177. The molecule has 0 fully saturated rings. The van der Waals surface area contributed by atoms with Gasteiger partial charge in [-0.15, -0.1) is 0 Å². The summed E-state index contributed by atoms with van der Waals surface area (Å²) in [5.74, 6) is 1.09. The molecule has 2 unspecified atom stereocenters. The van der Waals surface area contributed by atoms with E-state index >= 15 is 0 Å². The lowest BCUT2D eigenvalue weighted by atomic mass is 9.91. The highest BCUT2D eigenvalue weighted by Gasteiger charge is 2.31. The minimum Gasteiger partial charge on any atom is -0.379 e. The minimum atomic E-state index is 0.126. The maximum atomic E-state index is 12.2. The summed E-state index contributed by atoms with van der Waals surface area (Å²) in [5, 5.41) is 0. The fourth-order valence-electron chi connectivity index (χ4n) is 2.45. The molecule has 0 saturated heterocycles. The van der Waals surface area contributed by atoms with Crippen molar-refractivity contribution in [3.05, 3.63) is 0 Å². The summed E-state index contributed by atoms with van der Waals surface area (Å²) in [4.78, 5) is 14.1. The van der Waals surface area contributed by atoms with Crippen LogP contribution in [-0.4, -0.2) is 37.1 Å². The molecule has 3 atom stereocenters. The van der Waals surface area contributed by atoms with Gasteiger partial charge in [-0.05, 0) is 18.3 Å². The van der Waals surface area contributed by atoms with Gasteiger partial charge in [-0.25, -0.2) is 0 Å². The van der Waals surface area contributed by atoms with Gasteiger partial charge in [0.2, 0.25) is 5.91 Å². The van der Waals surface area contributed by atoms with Crippen LogP contribution in [0.1, 0.15) is 53.9 Å². The molecule has 0 saturated carbocycles. The average Bonchev–Trinajstić information content (AvgIpc) is 2.33. The van der Waals surface area contributed by atoms with E-state index in [0.717, 1.165) is 12.8 Å². The van der Waals surface area contributed by atoms with Crippen molar-refractivity contribution in [2.75, 3.05) is 14.2 Å². The molecule has 0 N–H and O–H groups in total. The zero-order valence-corrected chi connectivity index (χ0v) is 13.2. The van der Waals surface area contributed by atoms with Crippen molar-refractivity contribution in [2.45, 2.75) is 66.0 Å². The lowest BCUT2D eigenvalue weighted by Crippen LogP contribution is -2.49. The number of methoxy groups -OCH3 is 1. The second kappa shape index (κ2) is 8.52. The van der Waals surface area contributed by atoms with E-state index in [-0.39, 0.29) is 18.1 Å². The molecular weight excluding hydrogens is 226 g/mol. The van der Waals surface area contributed by atoms with Gasteiger partial charge in [0.05, 0.1) is 12.1 Å². The third-order valence-electron chi connectivity index (χ3n) is 3.74. The second-order valence-corrected chi connectivity index (χ2v) is 5.66. The number of rotatable bonds is 8. The molecule has 0 aliphatic rings. The molecule has 0 radical (unpaired) electrons. The number of carbonyl (C=O) groups excluding carboxylic acids is 1. The second-order valence-electron chi connectivity index (χ2n) is 5.66. The first-order chi connectivity index (χ1) is 8.38. The molecule has 108 valence electrons. The Morgan fingerprint density at radius 1 is 1.17 bits per heavy atom. The lowest BCUT2D eigenvalue weighted by Gasteiger charge is -2.37. The van der Waals surface area contributed by atoms with Crippen LogP contribution < -0.4 is 0 Å². The summed E-state index contributed by atoms with van der Waals surface area (Å²) in [6.45, 7) is 10.6. The van der Waals surface area contributed by atoms with E-state index in [1.165, 1.54) is 0 Å². The van der Waals surface area contributed by atoms with E-state index in [1.807, 2.05) is 11.9 Å². The maximum Gasteiger partial charge on any atom is 0.222 e. The Morgan fingerprint density at radius 3 is 2.06 bits per heavy atom. The predicted octanol–water partition coefficient (Wildman–Crippen LogP) is 3.33. The topological polar surface area (TPSA) is 29.5 Å². The van der Waals surface area contributed by atoms with Crippen molar-refractivity contribution < 1.29 is 9.53 Å². The van der Waals surface area contributed by atoms with E-state index in [9.17, 15) is 4.79 Å². The quantitative estimate of drug-likeness (QED) is 0.667. The molecule has 18 heavy (non-hydrogen) atoms. The van der Waals surface area contributed by atoms with Gasteiger partial charge >= 0.3 is 0 Å². The zero-order chi connectivity index (χ0) is 14.3. The highest BCUT2D eigenvalue weighted by atomic mass is 16.5. The summed E-state index contributed by atoms with van der Waals surface area (Å²) in [6.07, 6.45) is 2.74. The third-order valence-corrected chi connectivity index (χ3v) is 3.74. The van der Waals surface area contributed by atoms with Crippen LogP contribution in [0.2, 0.25) is 0 Å². The van der Waals surface area contributed by atoms with Gasteiger partial charge in [0.25, 0.3) is 0 Å². The number of nitrogens with zero attached hydrogens (tertiary/aromatic N) is 1. The maximum absolute atomic E-state index is 12.2. The number of carbonyl (C=O) groups is 1. The van der Waals surface area contributed by atoms with Crippen LogP contribution in [0.3, 0.4) is 0 Å². The van der Waals surface area contributed by atoms with Gasteiger partial charge in [0, 0.05) is 20.6 Å². The number of likely N-dealkylation sites (N-methyl/N-ethyl adjacent to an activating group) is 1. The van der Waals surface area contributed by atoms with Gasteiger partial charge < -0.3 is 9.64 Å². The lowest BCUT2D eigenvalue weighted by molar-refractivity contribution is -0.137. The van der Waals surface area contributed by atoms with Gasteiger partial charge in [-0.2, -0.15) is 0 Å². The molecule has 0 aliphatic carbocycles. The Bertz CT molecular complexity index is 237. The SMILES string of the molecule is CCC(C)[C@@H](C(CC)OC)N(C)C(=O)CC(C)C. The molecule has 1 amide bonds. The van der Waals surface area contributed by atoms with E-state index in [4.69, 9.17) is 4.74 Å². The van der Waals surface area contributed by atoms with Crippen LogP contribution in [0, 0.1) is 11.8 Å². The molecule has 0 spiro atoms. The van der Waals surface area contributed by atoms with E-state index in [0.29, 0.717) is 18.3 Å². The first-order valence-corrected chi connectivity index (χ1v) is 7.17. The van der Waals surface area contributed by atoms with Gasteiger partial charge in [-0.3, -0.25) is 4.79 Å². The van der Waals surface area contributed by atoms with E-state index < -0.39 is 0 Å². The van der Waals surface area contributed by atoms with Crippen molar-refractivity contribution in [3.8, 4) is 0 Å². The molecule has 0 aromatic heterocycles. The molecular formula is C15H31NO2. The Balaban J connectivity index is 4.89. The monoisotopic (exact) mass is 257 g/mol. The van der Waals surface area contributed by atoms with Crippen molar-refractivity contribution >= 4 is 5.91 Å². The van der Waals surface area contributed by atoms with Crippen LogP contribution in [0.4, 0.5) is 0 Å². The summed E-state index contributed by atoms with van der Waals surface area (Å²) >= 11 is 0. The van der Waals surface area contributed by atoms with Crippen LogP contribution in [0.15, 0.2) is 0 Å². The van der Waals surface area contributed by atoms with Crippen molar-refractivity contribution in [1.82, 2.24) is 4.90 Å². The van der Waals surface area contributed by atoms with Crippen LogP contribution >= 0.6 is 0 Å². The Morgan fingerprint density at radius 2 is 1.72 bits per heavy atom. The largest absolute Gasteiger partial charge is 0.379 e. The Kier molecular flexibility index (Phi) is 8.25. The number of ether oxygens (including phenoxy) is 1. The summed E-state index contributed by atoms with van der Waals surface area (Å²) in [7, 11) is 3.66. The normalized spacial score (nSPS) is 16.4. The van der Waals surface area contributed by atoms with Crippen molar-refractivity contribution in [1.29, 1.82) is 0 Å². The first kappa shape index (κ1) is 17.4. The molecule has 0 aromatic carbocycles. The van der Waals surface area contributed by atoms with Crippen molar-refractivity contribution in [3.63, 3.8) is 0 Å². The van der Waals surface area contributed by atoms with Crippen molar-refractivity contribution in [2.24, 2.45) is 11.8 Å². The number of hydrogen-bond donors (Lipinski definition) is 0. The molecule has 0 rings (SSSR count). The smallest absolute Gasteiger partial charge is 0.222 e. The molecule has 0 aromatic rings. The summed E-state index contributed by atoms with van der Waals surface area (Å²) < 4.78 is 5.57. The Hall–Kier alpha value is -0.570. The van der Waals surface area contributed by atoms with E-state index in [2.05, 4.69) is 34.6 Å². The van der Waals surface area contributed by atoms with Crippen LogP contribution in [-0.2, 0) is 9.53 Å². The minimum absolute atomic E-state index is 0.126. The predicted molar refractivity (Wildman–Crippen MR) is 76.6 cm³/mol. The van der Waals surface area contributed by atoms with Gasteiger partial charge in [0.15, 0.2) is 0 Å². The average molecular weight is 257 g/mol. The molecule has 0 aliphatic heterocycles. The number of hydrogen-bond acceptors (Lipinski definition) is 2. The van der Waals surface area contributed by atoms with Gasteiger partial charge in [0.1, 0.15) is 0 Å². The highest BCUT2D eigenvalue weighted by molar-refractivity contribution is 5.76. The van der Waals surface area contributed by atoms with Crippen LogP contribution in [0.5, 0.6) is 0 Å². The standard InChI is InChI=1S/C15H31NO2/c1-8-12(5)15(13(9-2)18-7)16(6)14(17)10-11(3)4/h11-13,15H,8-10H2,1-7H3/t12?,13?,15-/m0/s1. The summed E-state index contributed by atoms with van der Waals surface area (Å²) in [5.41, 5.74) is 0. The fraction of sp³-hybridized carbons (Fsp3) is 0.933. The molecule has 3 nitrogen and oxygen atoms in total. The molecule has 0 heterocycles. The Labute approximate surface area is 113 Å². The number of amides is 1.